The fourth-order valence-corrected chi connectivity index (χ4v) is 2.84. The molecule has 128 valence electrons. The van der Waals surface area contributed by atoms with E-state index < -0.39 is 12.2 Å². The van der Waals surface area contributed by atoms with Gasteiger partial charge in [0.25, 0.3) is 5.91 Å². The summed E-state index contributed by atoms with van der Waals surface area (Å²) in [6, 6.07) is 5.65. The Morgan fingerprint density at radius 3 is 2.83 bits per heavy atom. The van der Waals surface area contributed by atoms with Crippen molar-refractivity contribution in [3.05, 3.63) is 46.5 Å². The number of nitrogens with one attached hydrogen (secondary N) is 1. The molecule has 1 fully saturated rings. The third kappa shape index (κ3) is 3.58. The lowest BCUT2D eigenvalue weighted by atomic mass is 10.2. The van der Waals surface area contributed by atoms with E-state index in [2.05, 4.69) is 10.6 Å². The number of benzene rings is 1. The van der Waals surface area contributed by atoms with Gasteiger partial charge in [-0.1, -0.05) is 11.6 Å². The van der Waals surface area contributed by atoms with Gasteiger partial charge in [-0.2, -0.15) is 5.10 Å². The molecule has 1 amide bonds. The monoisotopic (exact) mass is 353 g/mol. The summed E-state index contributed by atoms with van der Waals surface area (Å²) in [5.74, 6) is -0.863. The topological polar surface area (TPSA) is 65.4 Å². The van der Waals surface area contributed by atoms with Crippen LogP contribution in [-0.4, -0.2) is 28.6 Å². The van der Waals surface area contributed by atoms with Gasteiger partial charge in [-0.25, -0.2) is 19.4 Å². The molecule has 1 aliphatic heterocycles. The normalized spacial score (nSPS) is 17.7. The van der Waals surface area contributed by atoms with Crippen molar-refractivity contribution in [2.75, 3.05) is 6.61 Å². The molecule has 1 N–H and O–H groups in total. The highest BCUT2D eigenvalue weighted by molar-refractivity contribution is 6.33. The minimum atomic E-state index is -0.500. The Balaban J connectivity index is 1.75. The van der Waals surface area contributed by atoms with Gasteiger partial charge in [-0.3, -0.25) is 4.79 Å². The molecule has 1 aromatic heterocycles. The van der Waals surface area contributed by atoms with E-state index in [9.17, 15) is 9.18 Å². The zero-order chi connectivity index (χ0) is 17.1. The van der Waals surface area contributed by atoms with Gasteiger partial charge in [0.2, 0.25) is 0 Å². The maximum Gasteiger partial charge on any atom is 0.279 e. The number of carbonyl (C=O) groups is 1. The molecule has 24 heavy (non-hydrogen) atoms. The van der Waals surface area contributed by atoms with Crippen LogP contribution in [0.4, 0.5) is 4.39 Å². The second kappa shape index (κ2) is 7.29. The Labute approximate surface area is 143 Å². The molecule has 3 rings (SSSR count). The highest BCUT2D eigenvalue weighted by atomic mass is 35.5. The van der Waals surface area contributed by atoms with Crippen LogP contribution in [-0.2, 0) is 9.57 Å². The van der Waals surface area contributed by atoms with Crippen LogP contribution in [0, 0.1) is 12.7 Å². The predicted molar refractivity (Wildman–Crippen MR) is 85.4 cm³/mol. The van der Waals surface area contributed by atoms with Crippen LogP contribution in [0.5, 0.6) is 0 Å². The number of rotatable bonds is 4. The van der Waals surface area contributed by atoms with E-state index in [1.54, 1.807) is 6.92 Å². The summed E-state index contributed by atoms with van der Waals surface area (Å²) in [6.45, 7) is 2.28. The SMILES string of the molecule is Cc1nn(-c2ccc(F)cc2)c(Cl)c1C(=O)NOC1CCCCO1. The minimum absolute atomic E-state index is 0.129. The molecular formula is C16H17ClFN3O3. The maximum atomic E-state index is 13.0. The molecular weight excluding hydrogens is 337 g/mol. The summed E-state index contributed by atoms with van der Waals surface area (Å²) < 4.78 is 19.8. The number of hydrogen-bond acceptors (Lipinski definition) is 4. The second-order valence-corrected chi connectivity index (χ2v) is 5.84. The lowest BCUT2D eigenvalue weighted by Crippen LogP contribution is -2.33. The van der Waals surface area contributed by atoms with Gasteiger partial charge >= 0.3 is 0 Å². The molecule has 6 nitrogen and oxygen atoms in total. The predicted octanol–water partition coefficient (Wildman–Crippen LogP) is 3.16. The summed E-state index contributed by atoms with van der Waals surface area (Å²) in [5.41, 5.74) is 3.56. The van der Waals surface area contributed by atoms with Crippen molar-refractivity contribution in [1.29, 1.82) is 0 Å². The number of halogens is 2. The van der Waals surface area contributed by atoms with Crippen LogP contribution in [0.1, 0.15) is 35.3 Å². The molecule has 8 heteroatoms. The summed E-state index contributed by atoms with van der Waals surface area (Å²) in [4.78, 5) is 17.6. The first-order valence-electron chi connectivity index (χ1n) is 7.65. The zero-order valence-corrected chi connectivity index (χ0v) is 13.8. The molecule has 1 atom stereocenters. The van der Waals surface area contributed by atoms with E-state index in [0.29, 0.717) is 18.0 Å². The fraction of sp³-hybridized carbons (Fsp3) is 0.375. The number of aromatic nitrogens is 2. The fourth-order valence-electron chi connectivity index (χ4n) is 2.48. The molecule has 2 heterocycles. The van der Waals surface area contributed by atoms with Crippen LogP contribution in [0.25, 0.3) is 5.69 Å². The first kappa shape index (κ1) is 16.9. The molecule has 0 radical (unpaired) electrons. The lowest BCUT2D eigenvalue weighted by molar-refractivity contribution is -0.186. The highest BCUT2D eigenvalue weighted by Crippen LogP contribution is 2.24. The first-order valence-corrected chi connectivity index (χ1v) is 8.02. The highest BCUT2D eigenvalue weighted by Gasteiger charge is 2.23. The maximum absolute atomic E-state index is 13.0. The van der Waals surface area contributed by atoms with E-state index in [4.69, 9.17) is 21.2 Å². The summed E-state index contributed by atoms with van der Waals surface area (Å²) in [5, 5.41) is 4.37. The Morgan fingerprint density at radius 2 is 2.17 bits per heavy atom. The number of hydrogen-bond donors (Lipinski definition) is 1. The van der Waals surface area contributed by atoms with Crippen LogP contribution in [0.2, 0.25) is 5.15 Å². The van der Waals surface area contributed by atoms with Gasteiger partial charge < -0.3 is 4.74 Å². The Hall–Kier alpha value is -1.96. The van der Waals surface area contributed by atoms with Crippen LogP contribution in [0.15, 0.2) is 24.3 Å². The zero-order valence-electron chi connectivity index (χ0n) is 13.1. The molecule has 1 aromatic carbocycles. The average Bonchev–Trinajstić information content (AvgIpc) is 2.89. The van der Waals surface area contributed by atoms with Gasteiger partial charge in [-0.05, 0) is 44.0 Å². The van der Waals surface area contributed by atoms with Gasteiger partial charge in [0.15, 0.2) is 6.29 Å². The number of amides is 1. The van der Waals surface area contributed by atoms with E-state index in [0.717, 1.165) is 19.3 Å². The van der Waals surface area contributed by atoms with Crippen LogP contribution in [0.3, 0.4) is 0 Å². The molecule has 1 saturated heterocycles. The van der Waals surface area contributed by atoms with Crippen molar-refractivity contribution < 1.29 is 18.8 Å². The smallest absolute Gasteiger partial charge is 0.279 e. The molecule has 0 saturated carbocycles. The van der Waals surface area contributed by atoms with Gasteiger partial charge in [0.05, 0.1) is 11.4 Å². The standard InChI is InChI=1S/C16H17ClFN3O3/c1-10-14(16(22)20-24-13-4-2-3-9-23-13)15(17)21(19-10)12-7-5-11(18)6-8-12/h5-8,13H,2-4,9H2,1H3,(H,20,22). The molecule has 0 spiro atoms. The quantitative estimate of drug-likeness (QED) is 0.857. The summed E-state index contributed by atoms with van der Waals surface area (Å²) in [7, 11) is 0. The van der Waals surface area contributed by atoms with Crippen LogP contribution >= 0.6 is 11.6 Å². The van der Waals surface area contributed by atoms with Crippen molar-refractivity contribution in [2.24, 2.45) is 0 Å². The summed E-state index contributed by atoms with van der Waals surface area (Å²) >= 11 is 6.28. The van der Waals surface area contributed by atoms with E-state index in [-0.39, 0.29) is 16.5 Å². The second-order valence-electron chi connectivity index (χ2n) is 5.48. The summed E-state index contributed by atoms with van der Waals surface area (Å²) in [6.07, 6.45) is 2.25. The number of hydroxylamine groups is 1. The van der Waals surface area contributed by atoms with E-state index in [1.165, 1.54) is 28.9 Å². The van der Waals surface area contributed by atoms with Gasteiger partial charge in [-0.15, -0.1) is 0 Å². The molecule has 1 unspecified atom stereocenters. The van der Waals surface area contributed by atoms with Crippen molar-refractivity contribution >= 4 is 17.5 Å². The van der Waals surface area contributed by atoms with Crippen molar-refractivity contribution in [2.45, 2.75) is 32.5 Å². The third-order valence-electron chi connectivity index (χ3n) is 3.72. The Morgan fingerprint density at radius 1 is 1.42 bits per heavy atom. The van der Waals surface area contributed by atoms with Crippen molar-refractivity contribution in [3.8, 4) is 5.69 Å². The number of nitrogens with zero attached hydrogens (tertiary/aromatic N) is 2. The third-order valence-corrected chi connectivity index (χ3v) is 4.07. The largest absolute Gasteiger partial charge is 0.350 e. The number of carbonyl (C=O) groups excluding carboxylic acids is 1. The first-order chi connectivity index (χ1) is 11.6. The average molecular weight is 354 g/mol. The molecule has 2 aromatic rings. The van der Waals surface area contributed by atoms with Gasteiger partial charge in [0, 0.05) is 13.0 Å². The molecule has 1 aliphatic rings. The number of aryl methyl sites for hydroxylation is 1. The lowest BCUT2D eigenvalue weighted by Gasteiger charge is -2.22. The molecule has 0 bridgehead atoms. The van der Waals surface area contributed by atoms with Gasteiger partial charge in [0.1, 0.15) is 16.5 Å². The van der Waals surface area contributed by atoms with E-state index >= 15 is 0 Å². The van der Waals surface area contributed by atoms with E-state index in [1.807, 2.05) is 0 Å². The minimum Gasteiger partial charge on any atom is -0.350 e. The molecule has 0 aliphatic carbocycles. The Bertz CT molecular complexity index is 727. The Kier molecular flexibility index (Phi) is 5.13. The van der Waals surface area contributed by atoms with Crippen LogP contribution < -0.4 is 5.48 Å². The number of ether oxygens (including phenoxy) is 1. The van der Waals surface area contributed by atoms with Crippen molar-refractivity contribution in [1.82, 2.24) is 15.3 Å². The van der Waals surface area contributed by atoms with Crippen molar-refractivity contribution in [3.63, 3.8) is 0 Å².